The zero-order valence-corrected chi connectivity index (χ0v) is 29.7. The minimum atomic E-state index is -0.261. The third kappa shape index (κ3) is 7.82. The van der Waals surface area contributed by atoms with Gasteiger partial charge in [-0.3, -0.25) is 19.4 Å². The molecule has 0 unspecified atom stereocenters. The molecular formula is C38H51N9O3. The largest absolute Gasteiger partial charge is 0.494 e. The zero-order chi connectivity index (χ0) is 34.6. The van der Waals surface area contributed by atoms with Gasteiger partial charge >= 0.3 is 0 Å². The number of nitrogens with one attached hydrogen (secondary N) is 2. The molecule has 1 aromatic heterocycles. The highest BCUT2D eigenvalue weighted by molar-refractivity contribution is 6.02. The van der Waals surface area contributed by atoms with Gasteiger partial charge in [-0.2, -0.15) is 0 Å². The second kappa shape index (κ2) is 15.2. The van der Waals surface area contributed by atoms with E-state index in [-0.39, 0.29) is 11.9 Å². The van der Waals surface area contributed by atoms with Crippen molar-refractivity contribution >= 4 is 40.3 Å². The van der Waals surface area contributed by atoms with Crippen LogP contribution in [0.4, 0.5) is 34.4 Å². The normalized spacial score (nSPS) is 20.5. The highest BCUT2D eigenvalue weighted by atomic mass is 16.7. The lowest BCUT2D eigenvalue weighted by atomic mass is 10.0. The number of carbonyl (C=O) groups is 1. The van der Waals surface area contributed by atoms with Crippen molar-refractivity contribution in [1.82, 2.24) is 19.8 Å². The average Bonchev–Trinajstić information content (AvgIpc) is 3.90. The first kappa shape index (κ1) is 34.1. The molecule has 266 valence electrons. The van der Waals surface area contributed by atoms with Gasteiger partial charge in [0, 0.05) is 83.3 Å². The van der Waals surface area contributed by atoms with E-state index in [9.17, 15) is 4.79 Å². The Morgan fingerprint density at radius 3 is 2.38 bits per heavy atom. The SMILES string of the molecule is C=CC(=O)Nc1cc(Nc2cc(N3OCC[C@@H]3Cc3cccc(N(C)C)c3)ncn2)c(OC)cc1N1CCC(N2CCN(C3CC3)CC2)CC1. The average molecular weight is 682 g/mol. The first-order valence-corrected chi connectivity index (χ1v) is 18.0. The summed E-state index contributed by atoms with van der Waals surface area (Å²) in [6.45, 7) is 10.8. The molecule has 2 N–H and O–H groups in total. The number of hydrogen-bond donors (Lipinski definition) is 2. The van der Waals surface area contributed by atoms with Crippen molar-refractivity contribution in [2.75, 3.05) is 92.6 Å². The van der Waals surface area contributed by atoms with Gasteiger partial charge in [0.05, 0.1) is 36.8 Å². The van der Waals surface area contributed by atoms with Crippen molar-refractivity contribution in [2.45, 2.75) is 56.7 Å². The molecule has 3 aromatic rings. The second-order valence-corrected chi connectivity index (χ2v) is 14.0. The van der Waals surface area contributed by atoms with Crippen LogP contribution in [0.1, 0.15) is 37.7 Å². The first-order valence-electron chi connectivity index (χ1n) is 18.0. The number of methoxy groups -OCH3 is 1. The van der Waals surface area contributed by atoms with E-state index in [0.717, 1.165) is 63.6 Å². The molecule has 7 rings (SSSR count). The summed E-state index contributed by atoms with van der Waals surface area (Å²) < 4.78 is 5.91. The molecule has 1 saturated carbocycles. The number of rotatable bonds is 12. The van der Waals surface area contributed by atoms with E-state index in [4.69, 9.17) is 9.57 Å². The summed E-state index contributed by atoms with van der Waals surface area (Å²) in [5.74, 6) is 1.67. The molecule has 1 aliphatic carbocycles. The van der Waals surface area contributed by atoms with Crippen LogP contribution >= 0.6 is 0 Å². The number of ether oxygens (including phenoxy) is 1. The third-order valence-electron chi connectivity index (χ3n) is 10.5. The molecule has 3 saturated heterocycles. The van der Waals surface area contributed by atoms with E-state index >= 15 is 0 Å². The molecule has 50 heavy (non-hydrogen) atoms. The van der Waals surface area contributed by atoms with Gasteiger partial charge in [-0.1, -0.05) is 18.7 Å². The molecule has 2 aromatic carbocycles. The number of aromatic nitrogens is 2. The summed E-state index contributed by atoms with van der Waals surface area (Å²) in [7, 11) is 5.78. The van der Waals surface area contributed by atoms with Gasteiger partial charge in [0.2, 0.25) is 5.91 Å². The number of hydrogen-bond acceptors (Lipinski definition) is 11. The molecule has 4 fully saturated rings. The summed E-state index contributed by atoms with van der Waals surface area (Å²) in [5.41, 5.74) is 4.75. The summed E-state index contributed by atoms with van der Waals surface area (Å²) in [5, 5.41) is 8.39. The van der Waals surface area contributed by atoms with Gasteiger partial charge in [0.15, 0.2) is 5.82 Å². The van der Waals surface area contributed by atoms with E-state index in [0.29, 0.717) is 41.4 Å². The van der Waals surface area contributed by atoms with Crippen molar-refractivity contribution in [3.05, 3.63) is 67.0 Å². The fourth-order valence-electron chi connectivity index (χ4n) is 7.62. The Balaban J connectivity index is 1.06. The smallest absolute Gasteiger partial charge is 0.247 e. The van der Waals surface area contributed by atoms with E-state index < -0.39 is 0 Å². The fraction of sp³-hybridized carbons (Fsp3) is 0.500. The van der Waals surface area contributed by atoms with Gasteiger partial charge in [0.1, 0.15) is 17.9 Å². The van der Waals surface area contributed by atoms with Gasteiger partial charge in [-0.15, -0.1) is 0 Å². The Bertz CT molecular complexity index is 1650. The fourth-order valence-corrected chi connectivity index (χ4v) is 7.62. The molecule has 4 aliphatic rings. The van der Waals surface area contributed by atoms with Crippen LogP contribution in [-0.4, -0.2) is 111 Å². The van der Waals surface area contributed by atoms with Crippen LogP contribution in [0.3, 0.4) is 0 Å². The Kier molecular flexibility index (Phi) is 10.4. The maximum absolute atomic E-state index is 12.6. The maximum atomic E-state index is 12.6. The lowest BCUT2D eigenvalue weighted by Gasteiger charge is -2.43. The summed E-state index contributed by atoms with van der Waals surface area (Å²) >= 11 is 0. The van der Waals surface area contributed by atoms with E-state index in [1.807, 2.05) is 23.3 Å². The minimum absolute atomic E-state index is 0.140. The van der Waals surface area contributed by atoms with Crippen LogP contribution in [0.2, 0.25) is 0 Å². The number of piperidine rings is 1. The third-order valence-corrected chi connectivity index (χ3v) is 10.5. The summed E-state index contributed by atoms with van der Waals surface area (Å²) in [6.07, 6.45) is 9.51. The molecule has 0 spiro atoms. The number of benzene rings is 2. The molecule has 3 aliphatic heterocycles. The van der Waals surface area contributed by atoms with Gasteiger partial charge in [-0.05, 0) is 68.4 Å². The monoisotopic (exact) mass is 681 g/mol. The van der Waals surface area contributed by atoms with E-state index in [2.05, 4.69) is 85.1 Å². The molecule has 12 heteroatoms. The van der Waals surface area contributed by atoms with Crippen LogP contribution in [0, 0.1) is 0 Å². The molecule has 12 nitrogen and oxygen atoms in total. The van der Waals surface area contributed by atoms with Crippen LogP contribution < -0.4 is 30.2 Å². The second-order valence-electron chi connectivity index (χ2n) is 14.0. The van der Waals surface area contributed by atoms with Crippen molar-refractivity contribution in [3.63, 3.8) is 0 Å². The first-order chi connectivity index (χ1) is 24.4. The molecule has 0 radical (unpaired) electrons. The van der Waals surface area contributed by atoms with Crippen molar-refractivity contribution in [2.24, 2.45) is 0 Å². The standard InChI is InChI=1S/C38H51N9O3/c1-5-38(48)42-32-23-33(35(49-4)24-34(32)46-14-11-29(12-15-46)45-18-16-44(17-19-45)28-9-10-28)41-36-25-37(40-26-39-36)47-31(13-20-50-47)22-27-7-6-8-30(21-27)43(2)3/h5-8,21,23-26,28-29,31H,1,9-20,22H2,2-4H3,(H,42,48)(H,39,40,41)/t31-/m1/s1. The number of piperazine rings is 1. The van der Waals surface area contributed by atoms with Crippen LogP contribution in [0.15, 0.2) is 61.4 Å². The predicted octanol–water partition coefficient (Wildman–Crippen LogP) is 4.92. The zero-order valence-electron chi connectivity index (χ0n) is 29.7. The lowest BCUT2D eigenvalue weighted by Crippen LogP contribution is -2.53. The van der Waals surface area contributed by atoms with Crippen LogP contribution in [0.5, 0.6) is 5.75 Å². The number of anilines is 6. The quantitative estimate of drug-likeness (QED) is 0.255. The van der Waals surface area contributed by atoms with Crippen molar-refractivity contribution in [3.8, 4) is 5.75 Å². The predicted molar refractivity (Wildman–Crippen MR) is 200 cm³/mol. The molecule has 4 heterocycles. The highest BCUT2D eigenvalue weighted by Gasteiger charge is 2.34. The Morgan fingerprint density at radius 2 is 1.70 bits per heavy atom. The topological polar surface area (TPSA) is 102 Å². The number of hydroxylamine groups is 1. The highest BCUT2D eigenvalue weighted by Crippen LogP contribution is 2.40. The Hall–Kier alpha value is -4.39. The van der Waals surface area contributed by atoms with E-state index in [1.54, 1.807) is 13.4 Å². The van der Waals surface area contributed by atoms with Crippen molar-refractivity contribution < 1.29 is 14.4 Å². The molecular weight excluding hydrogens is 630 g/mol. The summed E-state index contributed by atoms with van der Waals surface area (Å²) in [4.78, 5) is 37.7. The minimum Gasteiger partial charge on any atom is -0.494 e. The number of carbonyl (C=O) groups excluding carboxylic acids is 1. The Labute approximate surface area is 296 Å². The van der Waals surface area contributed by atoms with Crippen LogP contribution in [-0.2, 0) is 16.1 Å². The van der Waals surface area contributed by atoms with Crippen molar-refractivity contribution in [1.29, 1.82) is 0 Å². The van der Waals surface area contributed by atoms with Gasteiger partial charge in [-0.25, -0.2) is 15.0 Å². The van der Waals surface area contributed by atoms with Gasteiger partial charge in [0.25, 0.3) is 0 Å². The molecule has 1 atom stereocenters. The van der Waals surface area contributed by atoms with E-state index in [1.165, 1.54) is 43.3 Å². The maximum Gasteiger partial charge on any atom is 0.247 e. The summed E-state index contributed by atoms with van der Waals surface area (Å²) in [6, 6.07) is 16.0. The number of amides is 1. The van der Waals surface area contributed by atoms with Gasteiger partial charge < -0.3 is 25.2 Å². The molecule has 1 amide bonds. The lowest BCUT2D eigenvalue weighted by molar-refractivity contribution is -0.111. The van der Waals surface area contributed by atoms with Crippen LogP contribution in [0.25, 0.3) is 0 Å². The number of nitrogens with zero attached hydrogens (tertiary/aromatic N) is 7. The Morgan fingerprint density at radius 1 is 0.960 bits per heavy atom. The molecule has 0 bridgehead atoms.